The fourth-order valence-corrected chi connectivity index (χ4v) is 4.00. The van der Waals surface area contributed by atoms with Gasteiger partial charge < -0.3 is 4.57 Å². The monoisotopic (exact) mass is 376 g/mol. The minimum atomic E-state index is 0.0819. The van der Waals surface area contributed by atoms with E-state index in [0.29, 0.717) is 10.9 Å². The molecule has 6 heteroatoms. The van der Waals surface area contributed by atoms with Crippen molar-refractivity contribution in [1.29, 1.82) is 0 Å². The van der Waals surface area contributed by atoms with Gasteiger partial charge >= 0.3 is 0 Å². The highest BCUT2D eigenvalue weighted by molar-refractivity contribution is 7.99. The molecule has 0 aliphatic heterocycles. The lowest BCUT2D eigenvalue weighted by Crippen LogP contribution is -2.05. The fraction of sp³-hybridized carbons (Fsp3) is 0.190. The number of Topliss-reactive ketones (excluding diaryl/α,β-unsaturated/α-hetero) is 1. The lowest BCUT2D eigenvalue weighted by atomic mass is 10.0. The predicted octanol–water partition coefficient (Wildman–Crippen LogP) is 4.50. The maximum Gasteiger partial charge on any atom is 0.208 e. The van der Waals surface area contributed by atoms with Gasteiger partial charge in [0, 0.05) is 24.4 Å². The average molecular weight is 376 g/mol. The van der Waals surface area contributed by atoms with E-state index in [2.05, 4.69) is 25.8 Å². The number of aromatic amines is 1. The molecule has 2 aromatic carbocycles. The Morgan fingerprint density at radius 2 is 1.85 bits per heavy atom. The molecule has 0 radical (unpaired) electrons. The van der Waals surface area contributed by atoms with Crippen molar-refractivity contribution in [3.8, 4) is 11.3 Å². The largest absolute Gasteiger partial charge is 0.343 e. The first kappa shape index (κ1) is 17.5. The Morgan fingerprint density at radius 3 is 2.59 bits per heavy atom. The predicted molar refractivity (Wildman–Crippen MR) is 109 cm³/mol. The first-order chi connectivity index (χ1) is 13.2. The zero-order chi connectivity index (χ0) is 18.8. The Labute approximate surface area is 161 Å². The van der Waals surface area contributed by atoms with Crippen LogP contribution in [0.4, 0.5) is 0 Å². The molecule has 4 aromatic rings. The highest BCUT2D eigenvalue weighted by atomic mass is 32.2. The van der Waals surface area contributed by atoms with Crippen molar-refractivity contribution in [3.05, 3.63) is 66.0 Å². The average Bonchev–Trinajstić information content (AvgIpc) is 3.29. The standard InChI is InChI=1S/C21H20N4OS/c1-3-18-22-21(24-23-18)27-13-17(26)19-15-11-7-8-12-16(15)25(2)20(19)14-9-5-4-6-10-14/h4-12H,3,13H2,1-2H3,(H,22,23,24). The van der Waals surface area contributed by atoms with E-state index < -0.39 is 0 Å². The number of aromatic nitrogens is 4. The van der Waals surface area contributed by atoms with E-state index >= 15 is 0 Å². The highest BCUT2D eigenvalue weighted by Gasteiger charge is 2.22. The topological polar surface area (TPSA) is 63.6 Å². The third-order valence-electron chi connectivity index (χ3n) is 4.61. The normalized spacial score (nSPS) is 11.2. The van der Waals surface area contributed by atoms with Crippen LogP contribution in [0.1, 0.15) is 23.1 Å². The van der Waals surface area contributed by atoms with E-state index in [9.17, 15) is 4.79 Å². The number of aryl methyl sites for hydroxylation is 2. The molecule has 0 unspecified atom stereocenters. The number of H-pyrrole nitrogens is 1. The maximum absolute atomic E-state index is 13.2. The zero-order valence-electron chi connectivity index (χ0n) is 15.3. The molecule has 0 bridgehead atoms. The molecule has 0 amide bonds. The first-order valence-corrected chi connectivity index (χ1v) is 9.87. The van der Waals surface area contributed by atoms with Crippen LogP contribution in [0.25, 0.3) is 22.2 Å². The van der Waals surface area contributed by atoms with Crippen molar-refractivity contribution in [2.24, 2.45) is 7.05 Å². The number of para-hydroxylation sites is 1. The minimum absolute atomic E-state index is 0.0819. The van der Waals surface area contributed by atoms with Gasteiger partial charge in [-0.1, -0.05) is 67.2 Å². The summed E-state index contributed by atoms with van der Waals surface area (Å²) >= 11 is 1.37. The van der Waals surface area contributed by atoms with Gasteiger partial charge in [0.1, 0.15) is 5.82 Å². The van der Waals surface area contributed by atoms with Crippen LogP contribution in [0.2, 0.25) is 0 Å². The number of nitrogens with one attached hydrogen (secondary N) is 1. The molecule has 0 fully saturated rings. The van der Waals surface area contributed by atoms with E-state index in [-0.39, 0.29) is 5.78 Å². The Bertz CT molecular complexity index is 1100. The molecule has 136 valence electrons. The number of rotatable bonds is 6. The summed E-state index contributed by atoms with van der Waals surface area (Å²) in [5, 5.41) is 8.66. The lowest BCUT2D eigenvalue weighted by Gasteiger charge is -2.07. The molecule has 27 heavy (non-hydrogen) atoms. The van der Waals surface area contributed by atoms with Crippen molar-refractivity contribution >= 4 is 28.4 Å². The van der Waals surface area contributed by atoms with Crippen LogP contribution in [0.3, 0.4) is 0 Å². The molecule has 0 atom stereocenters. The molecule has 2 heterocycles. The van der Waals surface area contributed by atoms with Crippen LogP contribution in [0.5, 0.6) is 0 Å². The molecule has 0 aliphatic rings. The van der Waals surface area contributed by atoms with Crippen LogP contribution in [0.15, 0.2) is 59.8 Å². The highest BCUT2D eigenvalue weighted by Crippen LogP contribution is 2.34. The first-order valence-electron chi connectivity index (χ1n) is 8.89. The maximum atomic E-state index is 13.2. The number of hydrogen-bond acceptors (Lipinski definition) is 4. The summed E-state index contributed by atoms with van der Waals surface area (Å²) in [5.74, 6) is 1.22. The van der Waals surface area contributed by atoms with E-state index in [1.54, 1.807) is 0 Å². The van der Waals surface area contributed by atoms with Gasteiger partial charge in [-0.15, -0.1) is 5.10 Å². The third-order valence-corrected chi connectivity index (χ3v) is 5.46. The summed E-state index contributed by atoms with van der Waals surface area (Å²) in [4.78, 5) is 17.6. The number of carbonyl (C=O) groups is 1. The summed E-state index contributed by atoms with van der Waals surface area (Å²) < 4.78 is 2.10. The second-order valence-electron chi connectivity index (χ2n) is 6.30. The minimum Gasteiger partial charge on any atom is -0.343 e. The molecular formula is C21H20N4OS. The number of fused-ring (bicyclic) bond motifs is 1. The van der Waals surface area contributed by atoms with Crippen LogP contribution in [-0.4, -0.2) is 31.3 Å². The van der Waals surface area contributed by atoms with Crippen LogP contribution in [0, 0.1) is 0 Å². The number of carbonyl (C=O) groups excluding carboxylic acids is 1. The van der Waals surface area contributed by atoms with Crippen molar-refractivity contribution in [3.63, 3.8) is 0 Å². The molecular weight excluding hydrogens is 356 g/mol. The second-order valence-corrected chi connectivity index (χ2v) is 7.24. The van der Waals surface area contributed by atoms with E-state index in [4.69, 9.17) is 0 Å². The number of ketones is 1. The number of benzene rings is 2. The van der Waals surface area contributed by atoms with Gasteiger partial charge in [0.05, 0.1) is 17.0 Å². The number of nitrogens with zero attached hydrogens (tertiary/aromatic N) is 3. The molecule has 1 N–H and O–H groups in total. The third kappa shape index (κ3) is 3.28. The van der Waals surface area contributed by atoms with E-state index in [1.807, 2.05) is 62.5 Å². The Kier molecular flexibility index (Phi) is 4.81. The van der Waals surface area contributed by atoms with Gasteiger partial charge in [0.2, 0.25) is 5.16 Å². The van der Waals surface area contributed by atoms with E-state index in [1.165, 1.54) is 11.8 Å². The fourth-order valence-electron chi connectivity index (χ4n) is 3.31. The van der Waals surface area contributed by atoms with Gasteiger partial charge in [-0.2, -0.15) is 0 Å². The van der Waals surface area contributed by atoms with Crippen molar-refractivity contribution in [1.82, 2.24) is 19.7 Å². The SMILES string of the molecule is CCc1nc(SCC(=O)c2c(-c3ccccc3)n(C)c3ccccc23)n[nH]1. The molecule has 4 rings (SSSR count). The lowest BCUT2D eigenvalue weighted by molar-refractivity contribution is 0.102. The van der Waals surface area contributed by atoms with Crippen molar-refractivity contribution in [2.45, 2.75) is 18.5 Å². The van der Waals surface area contributed by atoms with Gasteiger partial charge in [-0.3, -0.25) is 9.89 Å². The Hall–Kier alpha value is -2.86. The summed E-state index contributed by atoms with van der Waals surface area (Å²) in [7, 11) is 2.01. The summed E-state index contributed by atoms with van der Waals surface area (Å²) in [6.45, 7) is 2.02. The van der Waals surface area contributed by atoms with Crippen molar-refractivity contribution < 1.29 is 4.79 Å². The summed E-state index contributed by atoms with van der Waals surface area (Å²) in [6.07, 6.45) is 0.795. The smallest absolute Gasteiger partial charge is 0.208 e. The van der Waals surface area contributed by atoms with Crippen LogP contribution in [-0.2, 0) is 13.5 Å². The van der Waals surface area contributed by atoms with Crippen molar-refractivity contribution in [2.75, 3.05) is 5.75 Å². The van der Waals surface area contributed by atoms with Gasteiger partial charge in [0.25, 0.3) is 0 Å². The molecule has 5 nitrogen and oxygen atoms in total. The Balaban J connectivity index is 1.74. The summed E-state index contributed by atoms with van der Waals surface area (Å²) in [5.41, 5.74) is 3.80. The molecule has 0 spiro atoms. The zero-order valence-corrected chi connectivity index (χ0v) is 16.1. The quantitative estimate of drug-likeness (QED) is 0.397. The second kappa shape index (κ2) is 7.40. The van der Waals surface area contributed by atoms with Gasteiger partial charge in [0.15, 0.2) is 5.78 Å². The number of thioether (sulfide) groups is 1. The molecule has 0 saturated heterocycles. The molecule has 0 saturated carbocycles. The molecule has 0 aliphatic carbocycles. The van der Waals surface area contributed by atoms with Crippen LogP contribution < -0.4 is 0 Å². The number of hydrogen-bond donors (Lipinski definition) is 1. The Morgan fingerprint density at radius 1 is 1.11 bits per heavy atom. The molecule has 2 aromatic heterocycles. The van der Waals surface area contributed by atoms with Crippen LogP contribution >= 0.6 is 11.8 Å². The van der Waals surface area contributed by atoms with Gasteiger partial charge in [-0.05, 0) is 11.6 Å². The van der Waals surface area contributed by atoms with E-state index in [0.717, 1.165) is 40.0 Å². The van der Waals surface area contributed by atoms with Gasteiger partial charge in [-0.25, -0.2) is 4.98 Å². The summed E-state index contributed by atoms with van der Waals surface area (Å²) in [6, 6.07) is 18.1.